The summed E-state index contributed by atoms with van der Waals surface area (Å²) in [7, 11) is 0. The summed E-state index contributed by atoms with van der Waals surface area (Å²) < 4.78 is 13.8. The van der Waals surface area contributed by atoms with E-state index in [1.165, 1.54) is 36.4 Å². The number of nitrogens with one attached hydrogen (secondary N) is 3. The first-order chi connectivity index (χ1) is 13.3. The minimum absolute atomic E-state index is 0.0143. The van der Waals surface area contributed by atoms with Crippen LogP contribution in [-0.4, -0.2) is 29.3 Å². The molecular formula is C19H21FN4O4. The van der Waals surface area contributed by atoms with E-state index >= 15 is 0 Å². The van der Waals surface area contributed by atoms with E-state index in [1.54, 1.807) is 0 Å². The van der Waals surface area contributed by atoms with Gasteiger partial charge in [-0.3, -0.25) is 19.7 Å². The van der Waals surface area contributed by atoms with E-state index in [0.717, 1.165) is 12.5 Å². The van der Waals surface area contributed by atoms with Crippen molar-refractivity contribution in [2.24, 2.45) is 0 Å². The SMILES string of the molecule is CC[C@H](C)NCC(=O)Nc1ccc([N+](=O)[O-])cc1C(=O)Nc1ccccc1F. The largest absolute Gasteiger partial charge is 0.324 e. The van der Waals surface area contributed by atoms with Crippen LogP contribution in [-0.2, 0) is 4.79 Å². The van der Waals surface area contributed by atoms with Gasteiger partial charge in [-0.05, 0) is 31.5 Å². The Kier molecular flexibility index (Phi) is 7.16. The molecule has 0 saturated carbocycles. The molecule has 0 aromatic heterocycles. The molecule has 0 spiro atoms. The van der Waals surface area contributed by atoms with E-state index in [4.69, 9.17) is 0 Å². The van der Waals surface area contributed by atoms with Crippen molar-refractivity contribution < 1.29 is 18.9 Å². The Balaban J connectivity index is 2.25. The Hall–Kier alpha value is -3.33. The van der Waals surface area contributed by atoms with Gasteiger partial charge in [0, 0.05) is 18.2 Å². The van der Waals surface area contributed by atoms with Crippen molar-refractivity contribution in [1.29, 1.82) is 0 Å². The summed E-state index contributed by atoms with van der Waals surface area (Å²) in [5.74, 6) is -1.84. The smallest absolute Gasteiger partial charge is 0.270 e. The van der Waals surface area contributed by atoms with Gasteiger partial charge in [-0.2, -0.15) is 0 Å². The lowest BCUT2D eigenvalue weighted by Crippen LogP contribution is -2.34. The molecule has 9 heteroatoms. The van der Waals surface area contributed by atoms with Crippen molar-refractivity contribution in [3.63, 3.8) is 0 Å². The van der Waals surface area contributed by atoms with Crippen LogP contribution in [0.25, 0.3) is 0 Å². The van der Waals surface area contributed by atoms with Crippen molar-refractivity contribution in [3.8, 4) is 0 Å². The second-order valence-corrected chi connectivity index (χ2v) is 6.16. The van der Waals surface area contributed by atoms with Crippen LogP contribution in [0.3, 0.4) is 0 Å². The molecule has 2 amide bonds. The molecule has 0 fully saturated rings. The third kappa shape index (κ3) is 5.58. The Morgan fingerprint density at radius 2 is 1.86 bits per heavy atom. The van der Waals surface area contributed by atoms with Gasteiger partial charge in [-0.15, -0.1) is 0 Å². The van der Waals surface area contributed by atoms with Crippen LogP contribution < -0.4 is 16.0 Å². The summed E-state index contributed by atoms with van der Waals surface area (Å²) in [6.07, 6.45) is 0.834. The van der Waals surface area contributed by atoms with Crippen LogP contribution in [0.15, 0.2) is 42.5 Å². The summed E-state index contributed by atoms with van der Waals surface area (Å²) >= 11 is 0. The molecule has 0 heterocycles. The van der Waals surface area contributed by atoms with Crippen LogP contribution in [0.5, 0.6) is 0 Å². The first kappa shape index (κ1) is 21.0. The zero-order valence-electron chi connectivity index (χ0n) is 15.5. The number of anilines is 2. The van der Waals surface area contributed by atoms with Gasteiger partial charge in [-0.25, -0.2) is 4.39 Å². The first-order valence-electron chi connectivity index (χ1n) is 8.69. The van der Waals surface area contributed by atoms with Crippen LogP contribution >= 0.6 is 0 Å². The molecule has 3 N–H and O–H groups in total. The minimum atomic E-state index is -0.779. The highest BCUT2D eigenvalue weighted by molar-refractivity contribution is 6.10. The Labute approximate surface area is 161 Å². The molecule has 0 aliphatic carbocycles. The van der Waals surface area contributed by atoms with E-state index in [2.05, 4.69) is 16.0 Å². The predicted molar refractivity (Wildman–Crippen MR) is 104 cm³/mol. The minimum Gasteiger partial charge on any atom is -0.324 e. The average molecular weight is 388 g/mol. The number of nitro benzene ring substituents is 1. The Morgan fingerprint density at radius 3 is 2.50 bits per heavy atom. The van der Waals surface area contributed by atoms with E-state index in [0.29, 0.717) is 0 Å². The number of nitrogens with zero attached hydrogens (tertiary/aromatic N) is 1. The number of benzene rings is 2. The molecule has 0 bridgehead atoms. The quantitative estimate of drug-likeness (QED) is 0.474. The second kappa shape index (κ2) is 9.56. The number of hydrogen-bond donors (Lipinski definition) is 3. The zero-order valence-corrected chi connectivity index (χ0v) is 15.5. The van der Waals surface area contributed by atoms with Gasteiger partial charge in [0.15, 0.2) is 0 Å². The van der Waals surface area contributed by atoms with Gasteiger partial charge in [0.1, 0.15) is 5.82 Å². The fourth-order valence-electron chi connectivity index (χ4n) is 2.30. The van der Waals surface area contributed by atoms with Crippen molar-refractivity contribution in [3.05, 3.63) is 64.0 Å². The Morgan fingerprint density at radius 1 is 1.14 bits per heavy atom. The lowest BCUT2D eigenvalue weighted by Gasteiger charge is -2.14. The van der Waals surface area contributed by atoms with Crippen molar-refractivity contribution in [1.82, 2.24) is 5.32 Å². The number of nitro groups is 1. The molecule has 0 aliphatic heterocycles. The van der Waals surface area contributed by atoms with Crippen LogP contribution in [0.2, 0.25) is 0 Å². The van der Waals surface area contributed by atoms with E-state index in [1.807, 2.05) is 13.8 Å². The molecule has 28 heavy (non-hydrogen) atoms. The molecule has 148 valence electrons. The highest BCUT2D eigenvalue weighted by Gasteiger charge is 2.19. The molecular weight excluding hydrogens is 367 g/mol. The molecule has 8 nitrogen and oxygen atoms in total. The standard InChI is InChI=1S/C19H21FN4O4/c1-3-12(2)21-11-18(25)22-16-9-8-13(24(27)28)10-14(16)19(26)23-17-7-5-4-6-15(17)20/h4-10,12,21H,3,11H2,1-2H3,(H,22,25)(H,23,26)/t12-/m0/s1. The first-order valence-corrected chi connectivity index (χ1v) is 8.69. The monoisotopic (exact) mass is 388 g/mol. The molecule has 0 unspecified atom stereocenters. The van der Waals surface area contributed by atoms with Gasteiger partial charge in [0.2, 0.25) is 5.91 Å². The third-order valence-corrected chi connectivity index (χ3v) is 4.08. The van der Waals surface area contributed by atoms with E-state index in [-0.39, 0.29) is 35.2 Å². The maximum absolute atomic E-state index is 13.8. The number of hydrogen-bond acceptors (Lipinski definition) is 5. The number of para-hydroxylation sites is 1. The summed E-state index contributed by atoms with van der Waals surface area (Å²) in [5.41, 5.74) is -0.450. The van der Waals surface area contributed by atoms with Crippen molar-refractivity contribution in [2.45, 2.75) is 26.3 Å². The van der Waals surface area contributed by atoms with E-state index in [9.17, 15) is 24.1 Å². The fourth-order valence-corrected chi connectivity index (χ4v) is 2.30. The number of carbonyl (C=O) groups excluding carboxylic acids is 2. The number of non-ortho nitro benzene ring substituents is 1. The van der Waals surface area contributed by atoms with Gasteiger partial charge in [-0.1, -0.05) is 19.1 Å². The van der Waals surface area contributed by atoms with Gasteiger partial charge >= 0.3 is 0 Å². The predicted octanol–water partition coefficient (Wildman–Crippen LogP) is 3.31. The lowest BCUT2D eigenvalue weighted by atomic mass is 10.1. The number of halogens is 1. The highest BCUT2D eigenvalue weighted by Crippen LogP contribution is 2.24. The van der Waals surface area contributed by atoms with Crippen LogP contribution in [0.1, 0.15) is 30.6 Å². The lowest BCUT2D eigenvalue weighted by molar-refractivity contribution is -0.384. The highest BCUT2D eigenvalue weighted by atomic mass is 19.1. The fraction of sp³-hybridized carbons (Fsp3) is 0.263. The van der Waals surface area contributed by atoms with Gasteiger partial charge in [0.25, 0.3) is 11.6 Å². The molecule has 0 aliphatic rings. The van der Waals surface area contributed by atoms with E-state index < -0.39 is 22.6 Å². The average Bonchev–Trinajstić information content (AvgIpc) is 2.67. The summed E-state index contributed by atoms with van der Waals surface area (Å²) in [6, 6.07) is 9.15. The van der Waals surface area contributed by atoms with Gasteiger partial charge in [0.05, 0.1) is 28.4 Å². The number of carbonyl (C=O) groups is 2. The normalized spacial score (nSPS) is 11.5. The third-order valence-electron chi connectivity index (χ3n) is 4.08. The topological polar surface area (TPSA) is 113 Å². The van der Waals surface area contributed by atoms with Crippen molar-refractivity contribution >= 4 is 28.9 Å². The molecule has 2 aromatic rings. The number of rotatable bonds is 8. The zero-order chi connectivity index (χ0) is 20.7. The maximum Gasteiger partial charge on any atom is 0.270 e. The molecule has 2 rings (SSSR count). The van der Waals surface area contributed by atoms with Crippen molar-refractivity contribution in [2.75, 3.05) is 17.2 Å². The summed E-state index contributed by atoms with van der Waals surface area (Å²) in [5, 5.41) is 19.0. The summed E-state index contributed by atoms with van der Waals surface area (Å²) in [4.78, 5) is 35.1. The molecule has 2 aromatic carbocycles. The van der Waals surface area contributed by atoms with Crippen LogP contribution in [0, 0.1) is 15.9 Å². The summed E-state index contributed by atoms with van der Waals surface area (Å²) in [6.45, 7) is 3.91. The molecule has 1 atom stereocenters. The van der Waals surface area contributed by atoms with Gasteiger partial charge < -0.3 is 16.0 Å². The second-order valence-electron chi connectivity index (χ2n) is 6.16. The number of amides is 2. The Bertz CT molecular complexity index is 888. The molecule has 0 radical (unpaired) electrons. The maximum atomic E-state index is 13.8. The van der Waals surface area contributed by atoms with Crippen LogP contribution in [0.4, 0.5) is 21.5 Å². The molecule has 0 saturated heterocycles.